The molecule has 2 aliphatic rings. The van der Waals surface area contributed by atoms with Gasteiger partial charge in [0, 0.05) is 44.8 Å². The zero-order valence-corrected chi connectivity index (χ0v) is 48.9. The number of nitrogens with two attached hydrogens (primary N) is 3. The average molecular weight is 1150 g/mol. The molecule has 452 valence electrons. The largest absolute Gasteiger partial charge is 0.368 e. The smallest absolute Gasteiger partial charge is 0.243 e. The van der Waals surface area contributed by atoms with Crippen LogP contribution in [0.5, 0.6) is 0 Å². The molecule has 0 bridgehead atoms. The van der Waals surface area contributed by atoms with Crippen molar-refractivity contribution in [1.29, 1.82) is 0 Å². The third kappa shape index (κ3) is 22.3. The lowest BCUT2D eigenvalue weighted by Crippen LogP contribution is -2.53. The van der Waals surface area contributed by atoms with Crippen LogP contribution in [-0.4, -0.2) is 191 Å². The molecule has 5 rings (SSSR count). The van der Waals surface area contributed by atoms with Crippen molar-refractivity contribution in [2.75, 3.05) is 85.1 Å². The van der Waals surface area contributed by atoms with E-state index >= 15 is 9.59 Å². The number of nitrogens with zero attached hydrogens (tertiary/aromatic N) is 7. The highest BCUT2D eigenvalue weighted by Gasteiger charge is 2.35. The van der Waals surface area contributed by atoms with E-state index in [-0.39, 0.29) is 76.3 Å². The molecular weight excluding hydrogens is 1060 g/mol. The van der Waals surface area contributed by atoms with Gasteiger partial charge in [0.15, 0.2) is 0 Å². The van der Waals surface area contributed by atoms with Crippen molar-refractivity contribution in [3.63, 3.8) is 0 Å². The van der Waals surface area contributed by atoms with Gasteiger partial charge in [0.25, 0.3) is 0 Å². The summed E-state index contributed by atoms with van der Waals surface area (Å²) in [5.41, 5.74) is 19.2. The van der Waals surface area contributed by atoms with Crippen LogP contribution in [-0.2, 0) is 56.2 Å². The SMILES string of the molecule is C=CCN(CC(=O)N(CCCCN)CC(=O)N(CCCCN)CC(=O)N[C@H](C)C(N)=O)C(=O)CN(C(=O)CN(Cc1ccccc1)C(=O)CN(C(=O)CN(Cc1ccccc1)C(=O)CNC1CCCC1)C1CCCC1)[C@@H](C)c1ccccc1. The summed E-state index contributed by atoms with van der Waals surface area (Å²) in [6.45, 7) is 5.21. The highest BCUT2D eigenvalue weighted by atomic mass is 16.2. The minimum Gasteiger partial charge on any atom is -0.368 e. The fraction of sp³-hybridized carbons (Fsp3) is 0.532. The summed E-state index contributed by atoms with van der Waals surface area (Å²) < 4.78 is 0. The Kier molecular flexibility index (Phi) is 28.4. The Bertz CT molecular complexity index is 2560. The molecule has 2 atom stereocenters. The summed E-state index contributed by atoms with van der Waals surface area (Å²) in [6, 6.07) is 26.0. The third-order valence-corrected chi connectivity index (χ3v) is 15.4. The number of primary amides is 1. The highest BCUT2D eigenvalue weighted by molar-refractivity contribution is 5.94. The Morgan fingerprint density at radius 3 is 1.53 bits per heavy atom. The number of hydrogen-bond donors (Lipinski definition) is 5. The second kappa shape index (κ2) is 35.5. The maximum absolute atomic E-state index is 15.2. The zero-order chi connectivity index (χ0) is 60.1. The molecule has 2 saturated carbocycles. The molecule has 0 aliphatic heterocycles. The van der Waals surface area contributed by atoms with Crippen molar-refractivity contribution in [3.8, 4) is 0 Å². The summed E-state index contributed by atoms with van der Waals surface area (Å²) in [4.78, 5) is 137. The molecule has 0 radical (unpaired) electrons. The first-order valence-corrected chi connectivity index (χ1v) is 29.4. The predicted octanol–water partition coefficient (Wildman–Crippen LogP) is 3.08. The molecule has 2 aliphatic carbocycles. The molecule has 8 N–H and O–H groups in total. The summed E-state index contributed by atoms with van der Waals surface area (Å²) in [5, 5.41) is 5.88. The first-order chi connectivity index (χ1) is 40.0. The maximum Gasteiger partial charge on any atom is 0.243 e. The Morgan fingerprint density at radius 2 is 1.00 bits per heavy atom. The lowest BCUT2D eigenvalue weighted by atomic mass is 10.1. The standard InChI is InChI=1S/C62H90N12O9/c1-4-34-68(41-57(78)70(36-21-19-33-64)42-56(77)69(35-20-18-32-63)40-54(75)67-47(2)62(65)83)58(79)45-73(48(3)51-26-12-7-13-27-51)60(81)43-72(39-50-24-10-6-11-25-50)59(80)46-74(53-30-16-17-31-53)61(82)44-71(38-49-22-8-5-9-23-49)55(76)37-66-52-28-14-15-29-52/h4-13,22-27,47-48,52-53,66H,1,14-21,28-46,63-64H2,2-3H3,(H2,65,83)(H,67,75)/t47-,48+/m1/s1. The summed E-state index contributed by atoms with van der Waals surface area (Å²) >= 11 is 0. The van der Waals surface area contributed by atoms with Crippen molar-refractivity contribution < 1.29 is 43.2 Å². The van der Waals surface area contributed by atoms with Gasteiger partial charge in [-0.3, -0.25) is 43.2 Å². The van der Waals surface area contributed by atoms with Gasteiger partial charge in [0.05, 0.1) is 25.7 Å². The lowest BCUT2D eigenvalue weighted by molar-refractivity contribution is -0.150. The van der Waals surface area contributed by atoms with E-state index < -0.39 is 86.2 Å². The van der Waals surface area contributed by atoms with Crippen molar-refractivity contribution >= 4 is 53.2 Å². The van der Waals surface area contributed by atoms with Gasteiger partial charge in [-0.2, -0.15) is 0 Å². The van der Waals surface area contributed by atoms with Crippen molar-refractivity contribution in [2.45, 2.75) is 128 Å². The minimum absolute atomic E-state index is 0.00247. The summed E-state index contributed by atoms with van der Waals surface area (Å²) in [5.74, 6) is -4.77. The van der Waals surface area contributed by atoms with E-state index in [1.807, 2.05) is 91.0 Å². The number of rotatable bonds is 36. The predicted molar refractivity (Wildman–Crippen MR) is 318 cm³/mol. The number of unbranched alkanes of at least 4 members (excludes halogenated alkanes) is 2. The van der Waals surface area contributed by atoms with Crippen LogP contribution in [0, 0.1) is 0 Å². The number of hydrogen-bond acceptors (Lipinski definition) is 12. The number of benzene rings is 3. The molecule has 9 amide bonds. The molecule has 0 saturated heterocycles. The maximum atomic E-state index is 15.2. The third-order valence-electron chi connectivity index (χ3n) is 15.4. The molecule has 21 heteroatoms. The van der Waals surface area contributed by atoms with Gasteiger partial charge in [0.1, 0.15) is 38.8 Å². The minimum atomic E-state index is -0.987. The molecule has 2 fully saturated rings. The number of carbonyl (C=O) groups excluding carboxylic acids is 9. The van der Waals surface area contributed by atoms with Crippen molar-refractivity contribution in [1.82, 2.24) is 44.9 Å². The second-order valence-electron chi connectivity index (χ2n) is 21.8. The molecule has 0 spiro atoms. The first-order valence-electron chi connectivity index (χ1n) is 29.4. The fourth-order valence-corrected chi connectivity index (χ4v) is 10.5. The van der Waals surface area contributed by atoms with E-state index in [9.17, 15) is 33.6 Å². The van der Waals surface area contributed by atoms with Crippen LogP contribution in [0.3, 0.4) is 0 Å². The Morgan fingerprint density at radius 1 is 0.542 bits per heavy atom. The van der Waals surface area contributed by atoms with E-state index in [1.54, 1.807) is 16.7 Å². The van der Waals surface area contributed by atoms with Crippen LogP contribution >= 0.6 is 0 Å². The van der Waals surface area contributed by atoms with E-state index in [0.717, 1.165) is 49.7 Å². The van der Waals surface area contributed by atoms with Gasteiger partial charge < -0.3 is 62.1 Å². The zero-order valence-electron chi connectivity index (χ0n) is 48.9. The van der Waals surface area contributed by atoms with Crippen LogP contribution < -0.4 is 27.8 Å². The van der Waals surface area contributed by atoms with Gasteiger partial charge in [-0.05, 0) is 95.0 Å². The van der Waals surface area contributed by atoms with Gasteiger partial charge in [-0.25, -0.2) is 0 Å². The fourth-order valence-electron chi connectivity index (χ4n) is 10.5. The Balaban J connectivity index is 1.40. The molecule has 3 aromatic carbocycles. The monoisotopic (exact) mass is 1150 g/mol. The molecule has 0 aromatic heterocycles. The van der Waals surface area contributed by atoms with Crippen molar-refractivity contribution in [2.24, 2.45) is 17.2 Å². The Labute approximate surface area is 490 Å². The van der Waals surface area contributed by atoms with Crippen LogP contribution in [0.4, 0.5) is 0 Å². The van der Waals surface area contributed by atoms with E-state index in [4.69, 9.17) is 17.2 Å². The molecule has 0 unspecified atom stereocenters. The lowest BCUT2D eigenvalue weighted by Gasteiger charge is -2.35. The van der Waals surface area contributed by atoms with Crippen LogP contribution in [0.1, 0.15) is 114 Å². The van der Waals surface area contributed by atoms with Gasteiger partial charge in [-0.1, -0.05) is 123 Å². The molecule has 0 heterocycles. The van der Waals surface area contributed by atoms with E-state index in [0.29, 0.717) is 57.2 Å². The van der Waals surface area contributed by atoms with Gasteiger partial charge in [0.2, 0.25) is 53.2 Å². The highest BCUT2D eigenvalue weighted by Crippen LogP contribution is 2.26. The quantitative estimate of drug-likeness (QED) is 0.0415. The molecule has 83 heavy (non-hydrogen) atoms. The second-order valence-corrected chi connectivity index (χ2v) is 21.8. The summed E-state index contributed by atoms with van der Waals surface area (Å²) in [7, 11) is 0. The van der Waals surface area contributed by atoms with Crippen molar-refractivity contribution in [3.05, 3.63) is 120 Å². The Hall–Kier alpha value is -7.49. The van der Waals surface area contributed by atoms with Gasteiger partial charge >= 0.3 is 0 Å². The topological polar surface area (TPSA) is 278 Å². The molecular formula is C62H90N12O9. The van der Waals surface area contributed by atoms with Gasteiger partial charge in [-0.15, -0.1) is 6.58 Å². The van der Waals surface area contributed by atoms with E-state index in [2.05, 4.69) is 17.2 Å². The number of carbonyl (C=O) groups is 9. The molecule has 21 nitrogen and oxygen atoms in total. The normalized spacial score (nSPS) is 14.0. The van der Waals surface area contributed by atoms with Crippen LogP contribution in [0.25, 0.3) is 0 Å². The van der Waals surface area contributed by atoms with Crippen LogP contribution in [0.2, 0.25) is 0 Å². The summed E-state index contributed by atoms with van der Waals surface area (Å²) in [6.07, 6.45) is 10.7. The van der Waals surface area contributed by atoms with Crippen LogP contribution in [0.15, 0.2) is 104 Å². The average Bonchev–Trinajstić information content (AvgIpc) is 4.33. The van der Waals surface area contributed by atoms with E-state index in [1.165, 1.54) is 37.5 Å². The first kappa shape index (κ1) is 66.3. The molecule has 3 aromatic rings. The number of amides is 9. The number of nitrogens with one attached hydrogen (secondary N) is 2.